The molecule has 2 aromatic heterocycles. The van der Waals surface area contributed by atoms with E-state index in [4.69, 9.17) is 14.6 Å². The molecule has 1 N–H and O–H groups in total. The molecule has 10 heteroatoms. The van der Waals surface area contributed by atoms with E-state index in [1.807, 2.05) is 31.3 Å². The number of methoxy groups -OCH3 is 2. The SMILES string of the molecule is COC(=O)N1CCC(C#N)(c2cccc(-c3nn(C)c4cnc(NC(=O)C5CC5)cc34)c2OC)CC1. The monoisotopic (exact) mass is 488 g/mol. The second-order valence-electron chi connectivity index (χ2n) is 9.36. The lowest BCUT2D eigenvalue weighted by atomic mass is 9.73. The third-order valence-corrected chi connectivity index (χ3v) is 7.19. The number of nitrogens with zero attached hydrogens (tertiary/aromatic N) is 5. The normalized spacial score (nSPS) is 16.9. The molecule has 3 aromatic rings. The Balaban J connectivity index is 1.56. The van der Waals surface area contributed by atoms with Gasteiger partial charge in [0.25, 0.3) is 0 Å². The largest absolute Gasteiger partial charge is 0.496 e. The van der Waals surface area contributed by atoms with Crippen LogP contribution in [-0.2, 0) is 22.0 Å². The Hall–Kier alpha value is -4.13. The van der Waals surface area contributed by atoms with E-state index < -0.39 is 5.41 Å². The maximum Gasteiger partial charge on any atom is 0.409 e. The van der Waals surface area contributed by atoms with Crippen molar-refractivity contribution >= 4 is 28.7 Å². The number of piperidine rings is 1. The summed E-state index contributed by atoms with van der Waals surface area (Å²) in [4.78, 5) is 30.3. The number of rotatable bonds is 5. The summed E-state index contributed by atoms with van der Waals surface area (Å²) in [6.45, 7) is 0.825. The van der Waals surface area contributed by atoms with Gasteiger partial charge in [0.15, 0.2) is 0 Å². The number of ether oxygens (including phenoxy) is 2. The van der Waals surface area contributed by atoms with Gasteiger partial charge in [-0.25, -0.2) is 9.78 Å². The minimum atomic E-state index is -0.818. The van der Waals surface area contributed by atoms with Crippen molar-refractivity contribution in [2.45, 2.75) is 31.1 Å². The molecule has 1 aromatic carbocycles. The minimum absolute atomic E-state index is 0.0128. The highest BCUT2D eigenvalue weighted by Crippen LogP contribution is 2.45. The first-order valence-electron chi connectivity index (χ1n) is 12.0. The molecule has 186 valence electrons. The van der Waals surface area contributed by atoms with Gasteiger partial charge in [-0.2, -0.15) is 10.4 Å². The molecule has 1 saturated heterocycles. The predicted molar refractivity (Wildman–Crippen MR) is 132 cm³/mol. The van der Waals surface area contributed by atoms with Crippen molar-refractivity contribution in [1.82, 2.24) is 19.7 Å². The Morgan fingerprint density at radius 3 is 2.61 bits per heavy atom. The molecule has 1 aliphatic carbocycles. The van der Waals surface area contributed by atoms with Crippen LogP contribution in [0.2, 0.25) is 0 Å². The zero-order chi connectivity index (χ0) is 25.4. The molecule has 0 bridgehead atoms. The third kappa shape index (κ3) is 4.00. The topological polar surface area (TPSA) is 122 Å². The van der Waals surface area contributed by atoms with E-state index in [1.165, 1.54) is 7.11 Å². The highest BCUT2D eigenvalue weighted by molar-refractivity contribution is 5.99. The zero-order valence-corrected chi connectivity index (χ0v) is 20.6. The molecule has 0 spiro atoms. The van der Waals surface area contributed by atoms with Crippen molar-refractivity contribution in [3.8, 4) is 23.1 Å². The van der Waals surface area contributed by atoms with Gasteiger partial charge in [-0.3, -0.25) is 9.48 Å². The number of pyridine rings is 1. The number of carbonyl (C=O) groups excluding carboxylic acids is 2. The Kier molecular flexibility index (Phi) is 6.00. The van der Waals surface area contributed by atoms with Gasteiger partial charge in [-0.15, -0.1) is 0 Å². The van der Waals surface area contributed by atoms with Crippen molar-refractivity contribution in [1.29, 1.82) is 5.26 Å². The molecule has 3 heterocycles. The summed E-state index contributed by atoms with van der Waals surface area (Å²) in [5.41, 5.74) is 2.18. The number of para-hydroxylation sites is 1. The van der Waals surface area contributed by atoms with Crippen LogP contribution in [0.1, 0.15) is 31.2 Å². The number of likely N-dealkylation sites (tertiary alicyclic amines) is 1. The number of nitriles is 1. The molecule has 1 saturated carbocycles. The lowest BCUT2D eigenvalue weighted by Crippen LogP contribution is -2.44. The molecule has 1 aliphatic heterocycles. The van der Waals surface area contributed by atoms with Gasteiger partial charge >= 0.3 is 6.09 Å². The summed E-state index contributed by atoms with van der Waals surface area (Å²) < 4.78 is 12.5. The van der Waals surface area contributed by atoms with Crippen LogP contribution < -0.4 is 10.1 Å². The number of hydrogen-bond acceptors (Lipinski definition) is 7. The number of hydrogen-bond donors (Lipinski definition) is 1. The summed E-state index contributed by atoms with van der Waals surface area (Å²) in [7, 11) is 4.78. The highest BCUT2D eigenvalue weighted by Gasteiger charge is 2.41. The molecule has 2 aliphatic rings. The van der Waals surface area contributed by atoms with Gasteiger partial charge in [0.2, 0.25) is 5.91 Å². The Bertz CT molecular complexity index is 1380. The van der Waals surface area contributed by atoms with Gasteiger partial charge in [0.1, 0.15) is 17.3 Å². The van der Waals surface area contributed by atoms with Crippen LogP contribution in [0.3, 0.4) is 0 Å². The molecule has 0 radical (unpaired) electrons. The summed E-state index contributed by atoms with van der Waals surface area (Å²) in [6.07, 6.45) is 4.05. The number of aromatic nitrogens is 3. The van der Waals surface area contributed by atoms with Crippen LogP contribution in [0.5, 0.6) is 5.75 Å². The second kappa shape index (κ2) is 9.15. The van der Waals surface area contributed by atoms with Crippen LogP contribution in [0.15, 0.2) is 30.5 Å². The Morgan fingerprint density at radius 1 is 1.22 bits per heavy atom. The number of amides is 2. The van der Waals surface area contributed by atoms with Crippen LogP contribution in [0.4, 0.5) is 10.6 Å². The summed E-state index contributed by atoms with van der Waals surface area (Å²) in [5.74, 6) is 1.11. The van der Waals surface area contributed by atoms with Crippen molar-refractivity contribution in [3.63, 3.8) is 0 Å². The molecule has 2 fully saturated rings. The molecule has 0 unspecified atom stereocenters. The quantitative estimate of drug-likeness (QED) is 0.582. The fraction of sp³-hybridized carbons (Fsp3) is 0.423. The smallest absolute Gasteiger partial charge is 0.409 e. The van der Waals surface area contributed by atoms with Crippen LogP contribution in [0.25, 0.3) is 22.2 Å². The fourth-order valence-corrected chi connectivity index (χ4v) is 4.96. The lowest BCUT2D eigenvalue weighted by molar-refractivity contribution is -0.117. The zero-order valence-electron chi connectivity index (χ0n) is 20.6. The maximum atomic E-state index is 12.3. The number of anilines is 1. The van der Waals surface area contributed by atoms with E-state index in [-0.39, 0.29) is 17.9 Å². The predicted octanol–water partition coefficient (Wildman–Crippen LogP) is 3.62. The third-order valence-electron chi connectivity index (χ3n) is 7.19. The van der Waals surface area contributed by atoms with E-state index in [2.05, 4.69) is 16.4 Å². The number of benzene rings is 1. The highest BCUT2D eigenvalue weighted by atomic mass is 16.5. The fourth-order valence-electron chi connectivity index (χ4n) is 4.96. The average Bonchev–Trinajstić information content (AvgIpc) is 3.72. The Morgan fingerprint density at radius 2 is 1.97 bits per heavy atom. The maximum absolute atomic E-state index is 12.3. The van der Waals surface area contributed by atoms with Crippen molar-refractivity contribution in [2.75, 3.05) is 32.6 Å². The first kappa shape index (κ1) is 23.6. The first-order chi connectivity index (χ1) is 17.4. The van der Waals surface area contributed by atoms with E-state index >= 15 is 0 Å². The first-order valence-corrected chi connectivity index (χ1v) is 12.0. The van der Waals surface area contributed by atoms with E-state index in [0.717, 1.165) is 34.9 Å². The number of fused-ring (bicyclic) bond motifs is 1. The van der Waals surface area contributed by atoms with E-state index in [0.29, 0.717) is 43.2 Å². The average molecular weight is 489 g/mol. The molecular formula is C26H28N6O4. The van der Waals surface area contributed by atoms with E-state index in [9.17, 15) is 14.9 Å². The van der Waals surface area contributed by atoms with Gasteiger partial charge in [0.05, 0.1) is 37.4 Å². The van der Waals surface area contributed by atoms with Crippen LogP contribution in [0, 0.1) is 17.2 Å². The van der Waals surface area contributed by atoms with Gasteiger partial charge in [-0.05, 0) is 37.8 Å². The van der Waals surface area contributed by atoms with Crippen molar-refractivity contribution in [2.24, 2.45) is 13.0 Å². The molecule has 36 heavy (non-hydrogen) atoms. The minimum Gasteiger partial charge on any atom is -0.496 e. The van der Waals surface area contributed by atoms with Crippen LogP contribution >= 0.6 is 0 Å². The molecule has 2 amide bonds. The van der Waals surface area contributed by atoms with Crippen LogP contribution in [-0.4, -0.2) is 59.0 Å². The molecule has 0 atom stereocenters. The van der Waals surface area contributed by atoms with Gasteiger partial charge < -0.3 is 19.7 Å². The van der Waals surface area contributed by atoms with Gasteiger partial charge in [0, 0.05) is 42.6 Å². The lowest BCUT2D eigenvalue weighted by Gasteiger charge is -2.37. The van der Waals surface area contributed by atoms with E-state index in [1.54, 1.807) is 22.9 Å². The molecule has 5 rings (SSSR count). The number of nitrogens with one attached hydrogen (secondary N) is 1. The Labute approximate surface area is 208 Å². The number of aryl methyl sites for hydroxylation is 1. The second-order valence-corrected chi connectivity index (χ2v) is 9.36. The summed E-state index contributed by atoms with van der Waals surface area (Å²) >= 11 is 0. The summed E-state index contributed by atoms with van der Waals surface area (Å²) in [5, 5.41) is 18.8. The standard InChI is InChI=1S/C26H28N6O4/c1-31-20-14-28-21(29-24(33)16-7-8-16)13-18(20)22(30-31)17-5-4-6-19(23(17)35-2)26(15-27)9-11-32(12-10-26)25(34)36-3/h4-6,13-14,16H,7-12H2,1-3H3,(H,28,29,33). The molecule has 10 nitrogen and oxygen atoms in total. The van der Waals surface area contributed by atoms with Crippen molar-refractivity contribution < 1.29 is 19.1 Å². The summed E-state index contributed by atoms with van der Waals surface area (Å²) in [6, 6.07) is 10.1. The van der Waals surface area contributed by atoms with Crippen molar-refractivity contribution in [3.05, 3.63) is 36.0 Å². The number of carbonyl (C=O) groups is 2. The molecular weight excluding hydrogens is 460 g/mol. The van der Waals surface area contributed by atoms with Gasteiger partial charge in [-0.1, -0.05) is 12.1 Å².